The van der Waals surface area contributed by atoms with Gasteiger partial charge in [-0.1, -0.05) is 0 Å². The Bertz CT molecular complexity index is 235. The molecule has 3 N–H and O–H groups in total. The smallest absolute Gasteiger partial charge is 0.280 e. The van der Waals surface area contributed by atoms with E-state index in [0.29, 0.717) is 5.76 Å². The lowest BCUT2D eigenvalue weighted by molar-refractivity contribution is 0.363. The highest BCUT2D eigenvalue weighted by atomic mass is 16.5. The lowest BCUT2D eigenvalue weighted by Crippen LogP contribution is -2.03. The fourth-order valence-corrected chi connectivity index (χ4v) is 0.522. The maximum Gasteiger partial charge on any atom is 0.280 e. The highest BCUT2D eigenvalue weighted by Gasteiger charge is 2.02. The van der Waals surface area contributed by atoms with Crippen LogP contribution in [0.2, 0.25) is 0 Å². The highest BCUT2D eigenvalue weighted by molar-refractivity contribution is 4.97. The van der Waals surface area contributed by atoms with Crippen molar-refractivity contribution in [3.05, 3.63) is 22.2 Å². The molecule has 50 valence electrons. The zero-order valence-electron chi connectivity index (χ0n) is 5.05. The number of aromatic nitrogens is 1. The molecule has 0 saturated heterocycles. The minimum atomic E-state index is -0.248. The Labute approximate surface area is 51.6 Å². The summed E-state index contributed by atoms with van der Waals surface area (Å²) < 4.78 is 4.66. The van der Waals surface area contributed by atoms with Gasteiger partial charge in [0.1, 0.15) is 0 Å². The standard InChI is InChI=1S/C5H8N2O2/c1-3(6)4-2-5(8)7-9-4/h2-3H,6H2,1H3,(H,7,8)/t3-/m0/s1. The summed E-state index contributed by atoms with van der Waals surface area (Å²) in [4.78, 5) is 10.4. The molecule has 0 unspecified atom stereocenters. The molecule has 0 aliphatic heterocycles. The lowest BCUT2D eigenvalue weighted by Gasteiger charge is -1.93. The molecule has 1 atom stereocenters. The topological polar surface area (TPSA) is 72.0 Å². The summed E-state index contributed by atoms with van der Waals surface area (Å²) in [7, 11) is 0. The van der Waals surface area contributed by atoms with Crippen molar-refractivity contribution in [2.24, 2.45) is 5.73 Å². The van der Waals surface area contributed by atoms with E-state index in [1.807, 2.05) is 0 Å². The van der Waals surface area contributed by atoms with Crippen LogP contribution >= 0.6 is 0 Å². The van der Waals surface area contributed by atoms with Crippen molar-refractivity contribution in [2.45, 2.75) is 13.0 Å². The highest BCUT2D eigenvalue weighted by Crippen LogP contribution is 2.02. The van der Waals surface area contributed by atoms with Gasteiger partial charge in [0.15, 0.2) is 5.76 Å². The molecule has 4 nitrogen and oxygen atoms in total. The first-order chi connectivity index (χ1) is 4.20. The maximum absolute atomic E-state index is 10.4. The number of rotatable bonds is 1. The Balaban J connectivity index is 2.98. The Morgan fingerprint density at radius 2 is 2.56 bits per heavy atom. The van der Waals surface area contributed by atoms with Crippen molar-refractivity contribution in [2.75, 3.05) is 0 Å². The van der Waals surface area contributed by atoms with E-state index in [4.69, 9.17) is 5.73 Å². The van der Waals surface area contributed by atoms with Crippen LogP contribution in [0.5, 0.6) is 0 Å². The molecule has 1 heterocycles. The van der Waals surface area contributed by atoms with E-state index in [2.05, 4.69) is 9.68 Å². The first-order valence-electron chi connectivity index (χ1n) is 2.64. The lowest BCUT2D eigenvalue weighted by atomic mass is 10.3. The zero-order valence-corrected chi connectivity index (χ0v) is 5.05. The second-order valence-electron chi connectivity index (χ2n) is 1.90. The molecule has 1 aromatic rings. The van der Waals surface area contributed by atoms with E-state index in [1.54, 1.807) is 6.92 Å². The first kappa shape index (κ1) is 6.10. The van der Waals surface area contributed by atoms with Gasteiger partial charge in [0.2, 0.25) is 0 Å². The van der Waals surface area contributed by atoms with E-state index in [9.17, 15) is 4.79 Å². The van der Waals surface area contributed by atoms with Gasteiger partial charge in [-0.25, -0.2) is 0 Å². The van der Waals surface area contributed by atoms with Crippen LogP contribution in [0.25, 0.3) is 0 Å². The van der Waals surface area contributed by atoms with Gasteiger partial charge in [0.05, 0.1) is 6.04 Å². The molecule has 0 bridgehead atoms. The van der Waals surface area contributed by atoms with Crippen LogP contribution in [0.3, 0.4) is 0 Å². The van der Waals surface area contributed by atoms with Gasteiger partial charge < -0.3 is 10.3 Å². The largest absolute Gasteiger partial charge is 0.382 e. The minimum Gasteiger partial charge on any atom is -0.382 e. The van der Waals surface area contributed by atoms with Gasteiger partial charge >= 0.3 is 0 Å². The van der Waals surface area contributed by atoms with E-state index in [1.165, 1.54) is 6.07 Å². The average Bonchev–Trinajstić information content (AvgIpc) is 2.14. The van der Waals surface area contributed by atoms with Gasteiger partial charge in [-0.15, -0.1) is 0 Å². The normalized spacial score (nSPS) is 13.6. The third kappa shape index (κ3) is 1.20. The van der Waals surface area contributed by atoms with E-state index in [-0.39, 0.29) is 11.6 Å². The Hall–Kier alpha value is -1.03. The summed E-state index contributed by atoms with van der Waals surface area (Å²) >= 11 is 0. The molecule has 0 aliphatic rings. The number of hydrogen-bond acceptors (Lipinski definition) is 3. The Kier molecular flexibility index (Phi) is 1.40. The number of aromatic amines is 1. The summed E-state index contributed by atoms with van der Waals surface area (Å²) in [6.45, 7) is 1.74. The molecular weight excluding hydrogens is 120 g/mol. The summed E-state index contributed by atoms with van der Waals surface area (Å²) in [5.74, 6) is 0.486. The molecule has 0 spiro atoms. The molecule has 0 aliphatic carbocycles. The van der Waals surface area contributed by atoms with E-state index >= 15 is 0 Å². The van der Waals surface area contributed by atoms with Crippen LogP contribution in [0, 0.1) is 0 Å². The molecule has 9 heavy (non-hydrogen) atoms. The van der Waals surface area contributed by atoms with Gasteiger partial charge in [-0.05, 0) is 6.92 Å². The second kappa shape index (κ2) is 2.06. The fourth-order valence-electron chi connectivity index (χ4n) is 0.522. The van der Waals surface area contributed by atoms with Crippen molar-refractivity contribution >= 4 is 0 Å². The molecule has 0 saturated carbocycles. The molecule has 4 heteroatoms. The minimum absolute atomic E-state index is 0.219. The number of nitrogens with one attached hydrogen (secondary N) is 1. The van der Waals surface area contributed by atoms with Crippen LogP contribution in [0.4, 0.5) is 0 Å². The zero-order chi connectivity index (χ0) is 6.85. The second-order valence-corrected chi connectivity index (χ2v) is 1.90. The molecule has 0 amide bonds. The first-order valence-corrected chi connectivity index (χ1v) is 2.64. The number of nitrogens with two attached hydrogens (primary N) is 1. The van der Waals surface area contributed by atoms with Crippen molar-refractivity contribution in [1.29, 1.82) is 0 Å². The van der Waals surface area contributed by atoms with Crippen LogP contribution in [-0.2, 0) is 0 Å². The van der Waals surface area contributed by atoms with Gasteiger partial charge in [-0.2, -0.15) is 5.16 Å². The predicted octanol–water partition coefficient (Wildman–Crippen LogP) is -0.0124. The number of H-pyrrole nitrogens is 1. The molecule has 1 aromatic heterocycles. The molecule has 0 radical (unpaired) electrons. The maximum atomic E-state index is 10.4. The third-order valence-corrected chi connectivity index (χ3v) is 0.992. The molecule has 1 rings (SSSR count). The van der Waals surface area contributed by atoms with Gasteiger partial charge in [-0.3, -0.25) is 4.79 Å². The predicted molar refractivity (Wildman–Crippen MR) is 31.9 cm³/mol. The molecule has 0 fully saturated rings. The van der Waals surface area contributed by atoms with Crippen molar-refractivity contribution in [3.8, 4) is 0 Å². The Morgan fingerprint density at radius 1 is 1.89 bits per heavy atom. The van der Waals surface area contributed by atoms with Crippen LogP contribution < -0.4 is 11.3 Å². The summed E-state index contributed by atoms with van der Waals surface area (Å²) in [6, 6.07) is 1.12. The monoisotopic (exact) mass is 128 g/mol. The average molecular weight is 128 g/mol. The fraction of sp³-hybridized carbons (Fsp3) is 0.400. The van der Waals surface area contributed by atoms with Crippen molar-refractivity contribution in [3.63, 3.8) is 0 Å². The van der Waals surface area contributed by atoms with Crippen LogP contribution in [0.15, 0.2) is 15.4 Å². The van der Waals surface area contributed by atoms with Crippen molar-refractivity contribution in [1.82, 2.24) is 5.16 Å². The Morgan fingerprint density at radius 3 is 2.78 bits per heavy atom. The number of hydrogen-bond donors (Lipinski definition) is 2. The van der Waals surface area contributed by atoms with Crippen molar-refractivity contribution < 1.29 is 4.52 Å². The quantitative estimate of drug-likeness (QED) is 0.558. The molecule has 0 aromatic carbocycles. The van der Waals surface area contributed by atoms with E-state index in [0.717, 1.165) is 0 Å². The summed E-state index contributed by atoms with van der Waals surface area (Å²) in [6.07, 6.45) is 0. The molecular formula is C5H8N2O2. The SMILES string of the molecule is C[C@H](N)c1cc(=O)[nH]o1. The van der Waals surface area contributed by atoms with Crippen LogP contribution in [0.1, 0.15) is 18.7 Å². The third-order valence-electron chi connectivity index (χ3n) is 0.992. The van der Waals surface area contributed by atoms with Gasteiger partial charge in [0, 0.05) is 6.07 Å². The van der Waals surface area contributed by atoms with Crippen LogP contribution in [-0.4, -0.2) is 5.16 Å². The van der Waals surface area contributed by atoms with E-state index < -0.39 is 0 Å². The summed E-state index contributed by atoms with van der Waals surface area (Å²) in [5, 5.41) is 2.14. The summed E-state index contributed by atoms with van der Waals surface area (Å²) in [5.41, 5.74) is 5.13. The van der Waals surface area contributed by atoms with Gasteiger partial charge in [0.25, 0.3) is 5.56 Å².